The van der Waals surface area contributed by atoms with E-state index >= 15 is 0 Å². The molecule has 0 aromatic rings. The van der Waals surface area contributed by atoms with E-state index in [-0.39, 0.29) is 0 Å². The van der Waals surface area contributed by atoms with E-state index < -0.39 is 0 Å². The summed E-state index contributed by atoms with van der Waals surface area (Å²) in [4.78, 5) is 0. The fourth-order valence-electron chi connectivity index (χ4n) is 3.89. The smallest absolute Gasteiger partial charge is 0.0295 e. The average Bonchev–Trinajstić information content (AvgIpc) is 2.03. The van der Waals surface area contributed by atoms with E-state index in [0.29, 0.717) is 5.41 Å². The van der Waals surface area contributed by atoms with Crippen molar-refractivity contribution in [2.24, 2.45) is 29.1 Å². The number of fused-ring (bicyclic) bond motifs is 2. The van der Waals surface area contributed by atoms with E-state index in [0.717, 1.165) is 23.7 Å². The molecule has 4 atom stereocenters. The highest BCUT2D eigenvalue weighted by Crippen LogP contribution is 2.63. The molecule has 0 heterocycles. The van der Waals surface area contributed by atoms with Gasteiger partial charge in [0.15, 0.2) is 0 Å². The van der Waals surface area contributed by atoms with Crippen LogP contribution in [0.1, 0.15) is 47.0 Å². The van der Waals surface area contributed by atoms with Crippen LogP contribution in [0.15, 0.2) is 0 Å². The lowest BCUT2D eigenvalue weighted by atomic mass is 9.43. The van der Waals surface area contributed by atoms with Gasteiger partial charge in [-0.3, -0.25) is 0 Å². The summed E-state index contributed by atoms with van der Waals surface area (Å²) in [6.45, 7) is 9.80. The van der Waals surface area contributed by atoms with Gasteiger partial charge >= 0.3 is 0 Å². The SMILES string of the molecule is CCC1C(C)C[C@H]2C[C@@H]1C2(C)C. The third kappa shape index (κ3) is 0.900. The molecule has 0 aliphatic heterocycles. The van der Waals surface area contributed by atoms with Crippen molar-refractivity contribution in [2.45, 2.75) is 47.0 Å². The molecule has 3 saturated carbocycles. The van der Waals surface area contributed by atoms with E-state index in [1.54, 1.807) is 0 Å². The minimum Gasteiger partial charge on any atom is -0.0651 e. The van der Waals surface area contributed by atoms with Gasteiger partial charge in [-0.15, -0.1) is 0 Å². The minimum absolute atomic E-state index is 0.688. The summed E-state index contributed by atoms with van der Waals surface area (Å²) in [6.07, 6.45) is 4.44. The molecule has 3 fully saturated rings. The Morgan fingerprint density at radius 1 is 1.25 bits per heavy atom. The van der Waals surface area contributed by atoms with Gasteiger partial charge in [0.05, 0.1) is 0 Å². The van der Waals surface area contributed by atoms with Crippen LogP contribution >= 0.6 is 0 Å². The van der Waals surface area contributed by atoms with Crippen molar-refractivity contribution in [3.8, 4) is 0 Å². The first-order chi connectivity index (χ1) is 5.57. The van der Waals surface area contributed by atoms with Crippen molar-refractivity contribution < 1.29 is 0 Å². The second-order valence-corrected chi connectivity index (χ2v) is 5.65. The zero-order valence-corrected chi connectivity index (χ0v) is 8.93. The molecular formula is C12H22. The van der Waals surface area contributed by atoms with Crippen LogP contribution in [0.5, 0.6) is 0 Å². The van der Waals surface area contributed by atoms with Gasteiger partial charge in [0.2, 0.25) is 0 Å². The van der Waals surface area contributed by atoms with Gasteiger partial charge in [-0.2, -0.15) is 0 Å². The Labute approximate surface area is 76.7 Å². The molecule has 2 unspecified atom stereocenters. The predicted octanol–water partition coefficient (Wildman–Crippen LogP) is 3.71. The minimum atomic E-state index is 0.688. The predicted molar refractivity (Wildman–Crippen MR) is 52.9 cm³/mol. The third-order valence-electron chi connectivity index (χ3n) is 4.92. The molecule has 0 N–H and O–H groups in total. The summed E-state index contributed by atoms with van der Waals surface area (Å²) in [6, 6.07) is 0. The standard InChI is InChI=1S/C12H22/c1-5-10-8(2)6-9-7-11(10)12(9,3)4/h8-11H,5-7H2,1-4H3/t8?,9-,10?,11-/m0/s1. The Morgan fingerprint density at radius 2 is 1.92 bits per heavy atom. The van der Waals surface area contributed by atoms with Crippen LogP contribution in [-0.2, 0) is 0 Å². The average molecular weight is 166 g/mol. The molecule has 12 heavy (non-hydrogen) atoms. The first kappa shape index (κ1) is 8.59. The van der Waals surface area contributed by atoms with E-state index in [1.807, 2.05) is 0 Å². The second-order valence-electron chi connectivity index (χ2n) is 5.65. The Morgan fingerprint density at radius 3 is 2.33 bits per heavy atom. The maximum Gasteiger partial charge on any atom is -0.0295 e. The maximum atomic E-state index is 2.49. The van der Waals surface area contributed by atoms with Gasteiger partial charge in [0, 0.05) is 0 Å². The molecule has 3 rings (SSSR count). The summed E-state index contributed by atoms with van der Waals surface area (Å²) >= 11 is 0. The molecule has 70 valence electrons. The number of hydrogen-bond acceptors (Lipinski definition) is 0. The Balaban J connectivity index is 2.15. The molecule has 2 bridgehead atoms. The van der Waals surface area contributed by atoms with Crippen molar-refractivity contribution in [2.75, 3.05) is 0 Å². The van der Waals surface area contributed by atoms with Crippen LogP contribution in [0.25, 0.3) is 0 Å². The molecule has 0 spiro atoms. The first-order valence-electron chi connectivity index (χ1n) is 5.57. The summed E-state index contributed by atoms with van der Waals surface area (Å²) in [7, 11) is 0. The van der Waals surface area contributed by atoms with Gasteiger partial charge in [0.1, 0.15) is 0 Å². The van der Waals surface area contributed by atoms with E-state index in [9.17, 15) is 0 Å². The zero-order valence-electron chi connectivity index (χ0n) is 8.93. The lowest BCUT2D eigenvalue weighted by Crippen LogP contribution is -2.54. The Bertz CT molecular complexity index is 180. The van der Waals surface area contributed by atoms with Gasteiger partial charge in [-0.1, -0.05) is 34.1 Å². The van der Waals surface area contributed by atoms with Gasteiger partial charge in [-0.05, 0) is 41.9 Å². The Kier molecular flexibility index (Phi) is 1.79. The normalized spacial score (nSPS) is 50.0. The van der Waals surface area contributed by atoms with E-state index in [4.69, 9.17) is 0 Å². The molecular weight excluding hydrogens is 144 g/mol. The largest absolute Gasteiger partial charge is 0.0651 e. The highest BCUT2D eigenvalue weighted by atomic mass is 14.6. The van der Waals surface area contributed by atoms with Crippen molar-refractivity contribution in [1.29, 1.82) is 0 Å². The quantitative estimate of drug-likeness (QED) is 0.557. The summed E-state index contributed by atoms with van der Waals surface area (Å²) in [5.41, 5.74) is 0.688. The monoisotopic (exact) mass is 166 g/mol. The Hall–Kier alpha value is 0. The van der Waals surface area contributed by atoms with E-state index in [2.05, 4.69) is 27.7 Å². The third-order valence-corrected chi connectivity index (χ3v) is 4.92. The maximum absolute atomic E-state index is 2.49. The van der Waals surface area contributed by atoms with Gasteiger partial charge in [-0.25, -0.2) is 0 Å². The van der Waals surface area contributed by atoms with Crippen molar-refractivity contribution in [1.82, 2.24) is 0 Å². The highest BCUT2D eigenvalue weighted by molar-refractivity contribution is 5.04. The molecule has 0 nitrogen and oxygen atoms in total. The molecule has 0 radical (unpaired) electrons. The second kappa shape index (κ2) is 2.49. The summed E-state index contributed by atoms with van der Waals surface area (Å²) in [5.74, 6) is 4.15. The van der Waals surface area contributed by atoms with Crippen LogP contribution in [0.3, 0.4) is 0 Å². The van der Waals surface area contributed by atoms with Crippen LogP contribution in [0.4, 0.5) is 0 Å². The van der Waals surface area contributed by atoms with Gasteiger partial charge in [0.25, 0.3) is 0 Å². The summed E-state index contributed by atoms with van der Waals surface area (Å²) < 4.78 is 0. The number of rotatable bonds is 1. The van der Waals surface area contributed by atoms with Crippen molar-refractivity contribution >= 4 is 0 Å². The van der Waals surface area contributed by atoms with Crippen molar-refractivity contribution in [3.63, 3.8) is 0 Å². The van der Waals surface area contributed by atoms with Crippen LogP contribution in [0, 0.1) is 29.1 Å². The van der Waals surface area contributed by atoms with E-state index in [1.165, 1.54) is 19.3 Å². The topological polar surface area (TPSA) is 0 Å². The summed E-state index contributed by atoms with van der Waals surface area (Å²) in [5, 5.41) is 0. The fourth-order valence-corrected chi connectivity index (χ4v) is 3.89. The van der Waals surface area contributed by atoms with Gasteiger partial charge < -0.3 is 0 Å². The molecule has 0 saturated heterocycles. The zero-order chi connectivity index (χ0) is 8.93. The lowest BCUT2D eigenvalue weighted by Gasteiger charge is -2.62. The molecule has 0 aromatic carbocycles. The molecule has 3 aliphatic rings. The highest BCUT2D eigenvalue weighted by Gasteiger charge is 2.55. The molecule has 0 amide bonds. The van der Waals surface area contributed by atoms with Crippen LogP contribution in [0.2, 0.25) is 0 Å². The molecule has 0 aromatic heterocycles. The van der Waals surface area contributed by atoms with Crippen LogP contribution < -0.4 is 0 Å². The molecule has 0 heteroatoms. The first-order valence-corrected chi connectivity index (χ1v) is 5.57. The van der Waals surface area contributed by atoms with Crippen molar-refractivity contribution in [3.05, 3.63) is 0 Å². The fraction of sp³-hybridized carbons (Fsp3) is 1.00. The van der Waals surface area contributed by atoms with Crippen LogP contribution in [-0.4, -0.2) is 0 Å². The molecule has 3 aliphatic carbocycles. The lowest BCUT2D eigenvalue weighted by molar-refractivity contribution is -0.131. The number of hydrogen-bond donors (Lipinski definition) is 0.